The molecule has 0 spiro atoms. The van der Waals surface area contributed by atoms with Crippen LogP contribution in [0.5, 0.6) is 0 Å². The molecular formula is C17H36IN5O. The normalized spacial score (nSPS) is 20.5. The first kappa shape index (κ1) is 21.9. The fraction of sp³-hybridized carbons (Fsp3) is 0.941. The van der Waals surface area contributed by atoms with E-state index in [2.05, 4.69) is 25.4 Å². The van der Waals surface area contributed by atoms with E-state index in [1.165, 1.54) is 51.7 Å². The molecule has 0 aromatic carbocycles. The molecule has 0 amide bonds. The zero-order valence-electron chi connectivity index (χ0n) is 15.3. The highest BCUT2D eigenvalue weighted by molar-refractivity contribution is 14.0. The molecule has 2 heterocycles. The van der Waals surface area contributed by atoms with Crippen LogP contribution < -0.4 is 10.6 Å². The number of piperidine rings is 1. The highest BCUT2D eigenvalue weighted by atomic mass is 127. The van der Waals surface area contributed by atoms with Gasteiger partial charge in [-0.05, 0) is 45.3 Å². The standard InChI is InChI=1S/C17H35N5O.HI/c1-18-17(20-8-12-21-9-4-2-5-10-21)19-7-3-6-11-22-13-15-23-16-14-22;/h2-16H2,1H3,(H2,18,19,20);1H. The number of halogens is 1. The van der Waals surface area contributed by atoms with Crippen LogP contribution in [0.2, 0.25) is 0 Å². The second-order valence-electron chi connectivity index (χ2n) is 6.49. The zero-order chi connectivity index (χ0) is 16.2. The molecule has 0 aromatic rings. The molecule has 2 aliphatic rings. The second-order valence-corrected chi connectivity index (χ2v) is 6.49. The molecular weight excluding hydrogens is 417 g/mol. The molecule has 0 radical (unpaired) electrons. The molecule has 7 heteroatoms. The third kappa shape index (κ3) is 9.39. The van der Waals surface area contributed by atoms with Gasteiger partial charge in [-0.25, -0.2) is 0 Å². The van der Waals surface area contributed by atoms with E-state index >= 15 is 0 Å². The summed E-state index contributed by atoms with van der Waals surface area (Å²) in [7, 11) is 1.85. The molecule has 24 heavy (non-hydrogen) atoms. The quantitative estimate of drug-likeness (QED) is 0.252. The number of hydrogen-bond acceptors (Lipinski definition) is 4. The average Bonchev–Trinajstić information content (AvgIpc) is 2.61. The summed E-state index contributed by atoms with van der Waals surface area (Å²) in [6, 6.07) is 0. The van der Waals surface area contributed by atoms with E-state index in [9.17, 15) is 0 Å². The zero-order valence-corrected chi connectivity index (χ0v) is 17.6. The Hall–Kier alpha value is -0.120. The summed E-state index contributed by atoms with van der Waals surface area (Å²) in [4.78, 5) is 9.35. The lowest BCUT2D eigenvalue weighted by Gasteiger charge is -2.27. The van der Waals surface area contributed by atoms with E-state index in [0.717, 1.165) is 51.9 Å². The predicted octanol–water partition coefficient (Wildman–Crippen LogP) is 1.37. The summed E-state index contributed by atoms with van der Waals surface area (Å²) in [5, 5.41) is 6.85. The number of guanidine groups is 1. The summed E-state index contributed by atoms with van der Waals surface area (Å²) in [6.07, 6.45) is 6.53. The van der Waals surface area contributed by atoms with Gasteiger partial charge in [-0.15, -0.1) is 24.0 Å². The summed E-state index contributed by atoms with van der Waals surface area (Å²) >= 11 is 0. The number of nitrogens with zero attached hydrogens (tertiary/aromatic N) is 3. The van der Waals surface area contributed by atoms with Gasteiger partial charge in [-0.1, -0.05) is 6.42 Å². The predicted molar refractivity (Wildman–Crippen MR) is 112 cm³/mol. The lowest BCUT2D eigenvalue weighted by Crippen LogP contribution is -2.43. The molecule has 142 valence electrons. The highest BCUT2D eigenvalue weighted by Gasteiger charge is 2.10. The molecule has 2 saturated heterocycles. The molecule has 6 nitrogen and oxygen atoms in total. The third-order valence-electron chi connectivity index (χ3n) is 4.69. The van der Waals surface area contributed by atoms with Gasteiger partial charge in [-0.2, -0.15) is 0 Å². The van der Waals surface area contributed by atoms with Gasteiger partial charge in [0, 0.05) is 39.8 Å². The third-order valence-corrected chi connectivity index (χ3v) is 4.69. The fourth-order valence-corrected chi connectivity index (χ4v) is 3.23. The van der Waals surface area contributed by atoms with E-state index in [1.54, 1.807) is 0 Å². The van der Waals surface area contributed by atoms with Crippen molar-refractivity contribution in [3.05, 3.63) is 0 Å². The van der Waals surface area contributed by atoms with Gasteiger partial charge in [0.25, 0.3) is 0 Å². The van der Waals surface area contributed by atoms with Gasteiger partial charge >= 0.3 is 0 Å². The molecule has 0 bridgehead atoms. The first-order valence-corrected chi connectivity index (χ1v) is 9.35. The van der Waals surface area contributed by atoms with Crippen LogP contribution in [-0.2, 0) is 4.74 Å². The van der Waals surface area contributed by atoms with E-state index < -0.39 is 0 Å². The highest BCUT2D eigenvalue weighted by Crippen LogP contribution is 2.07. The van der Waals surface area contributed by atoms with Crippen LogP contribution in [0.1, 0.15) is 32.1 Å². The van der Waals surface area contributed by atoms with E-state index in [0.29, 0.717) is 0 Å². The topological polar surface area (TPSA) is 52.1 Å². The number of ether oxygens (including phenoxy) is 1. The van der Waals surface area contributed by atoms with Gasteiger partial charge in [0.2, 0.25) is 0 Å². The van der Waals surface area contributed by atoms with Crippen molar-refractivity contribution in [1.29, 1.82) is 0 Å². The SMILES string of the molecule is CN=C(NCCCCN1CCOCC1)NCCN1CCCCC1.I. The van der Waals surface area contributed by atoms with Crippen LogP contribution in [-0.4, -0.2) is 88.4 Å². The second kappa shape index (κ2) is 14.1. The number of morpholine rings is 1. The molecule has 0 saturated carbocycles. The van der Waals surface area contributed by atoms with Gasteiger partial charge in [0.05, 0.1) is 13.2 Å². The summed E-state index contributed by atoms with van der Waals surface area (Å²) < 4.78 is 5.37. The molecule has 2 fully saturated rings. The Labute approximate surface area is 164 Å². The van der Waals surface area contributed by atoms with Crippen molar-refractivity contribution in [2.75, 3.05) is 72.6 Å². The van der Waals surface area contributed by atoms with E-state index in [1.807, 2.05) is 7.05 Å². The van der Waals surface area contributed by atoms with Crippen LogP contribution in [0.4, 0.5) is 0 Å². The maximum absolute atomic E-state index is 5.37. The van der Waals surface area contributed by atoms with Gasteiger partial charge in [-0.3, -0.25) is 9.89 Å². The van der Waals surface area contributed by atoms with Gasteiger partial charge < -0.3 is 20.3 Å². The Balaban J connectivity index is 0.00000288. The van der Waals surface area contributed by atoms with Crippen LogP contribution >= 0.6 is 24.0 Å². The van der Waals surface area contributed by atoms with Crippen molar-refractivity contribution in [2.45, 2.75) is 32.1 Å². The molecule has 0 atom stereocenters. The van der Waals surface area contributed by atoms with Crippen LogP contribution in [0.15, 0.2) is 4.99 Å². The lowest BCUT2D eigenvalue weighted by atomic mass is 10.1. The molecule has 0 unspecified atom stereocenters. The molecule has 0 aliphatic carbocycles. The minimum atomic E-state index is 0. The first-order valence-electron chi connectivity index (χ1n) is 9.35. The number of likely N-dealkylation sites (tertiary alicyclic amines) is 1. The summed E-state index contributed by atoms with van der Waals surface area (Å²) in [5.74, 6) is 0.938. The van der Waals surface area contributed by atoms with Gasteiger partial charge in [0.1, 0.15) is 0 Å². The molecule has 2 N–H and O–H groups in total. The van der Waals surface area contributed by atoms with E-state index in [4.69, 9.17) is 4.74 Å². The van der Waals surface area contributed by atoms with Gasteiger partial charge in [0.15, 0.2) is 5.96 Å². The minimum Gasteiger partial charge on any atom is -0.379 e. The van der Waals surface area contributed by atoms with Crippen molar-refractivity contribution in [1.82, 2.24) is 20.4 Å². The van der Waals surface area contributed by atoms with Crippen molar-refractivity contribution in [2.24, 2.45) is 4.99 Å². The Morgan fingerprint density at radius 2 is 1.54 bits per heavy atom. The maximum atomic E-state index is 5.37. The number of hydrogen-bond donors (Lipinski definition) is 2. The lowest BCUT2D eigenvalue weighted by molar-refractivity contribution is 0.0372. The largest absolute Gasteiger partial charge is 0.379 e. The monoisotopic (exact) mass is 453 g/mol. The van der Waals surface area contributed by atoms with Crippen molar-refractivity contribution in [3.8, 4) is 0 Å². The molecule has 2 rings (SSSR count). The number of rotatable bonds is 8. The number of unbranched alkanes of at least 4 members (excludes halogenated alkanes) is 1. The smallest absolute Gasteiger partial charge is 0.191 e. The molecule has 0 aromatic heterocycles. The van der Waals surface area contributed by atoms with Crippen LogP contribution in [0.25, 0.3) is 0 Å². The Kier molecular flexibility index (Phi) is 12.9. The summed E-state index contributed by atoms with van der Waals surface area (Å²) in [6.45, 7) is 10.8. The Bertz CT molecular complexity index is 331. The summed E-state index contributed by atoms with van der Waals surface area (Å²) in [5.41, 5.74) is 0. The Morgan fingerprint density at radius 1 is 0.875 bits per heavy atom. The molecule has 2 aliphatic heterocycles. The van der Waals surface area contributed by atoms with E-state index in [-0.39, 0.29) is 24.0 Å². The fourth-order valence-electron chi connectivity index (χ4n) is 3.23. The van der Waals surface area contributed by atoms with Crippen molar-refractivity contribution in [3.63, 3.8) is 0 Å². The van der Waals surface area contributed by atoms with Crippen molar-refractivity contribution >= 4 is 29.9 Å². The average molecular weight is 453 g/mol. The number of aliphatic imine (C=N–C) groups is 1. The Morgan fingerprint density at radius 3 is 2.25 bits per heavy atom. The first-order chi connectivity index (χ1) is 11.4. The van der Waals surface area contributed by atoms with Crippen LogP contribution in [0, 0.1) is 0 Å². The van der Waals surface area contributed by atoms with Crippen LogP contribution in [0.3, 0.4) is 0 Å². The number of nitrogens with one attached hydrogen (secondary N) is 2. The van der Waals surface area contributed by atoms with Crippen molar-refractivity contribution < 1.29 is 4.74 Å². The maximum Gasteiger partial charge on any atom is 0.191 e. The minimum absolute atomic E-state index is 0.